The average molecular weight is 382 g/mol. The monoisotopic (exact) mass is 380 g/mol. The highest BCUT2D eigenvalue weighted by molar-refractivity contribution is 9.12. The first kappa shape index (κ1) is 13.1. The molecule has 0 unspecified atom stereocenters. The van der Waals surface area contributed by atoms with Gasteiger partial charge in [0.15, 0.2) is 0 Å². The van der Waals surface area contributed by atoms with Gasteiger partial charge in [0.1, 0.15) is 0 Å². The number of unbranched alkanes of at least 4 members (excludes halogenated alkanes) is 3. The number of hydrogen-bond acceptors (Lipinski definition) is 2. The Morgan fingerprint density at radius 1 is 1.06 bits per heavy atom. The third kappa shape index (κ3) is 2.89. The second-order valence-corrected chi connectivity index (χ2v) is 8.71. The first-order valence-corrected chi connectivity index (χ1v) is 8.80. The van der Waals surface area contributed by atoms with E-state index in [1.807, 2.05) is 11.3 Å². The highest BCUT2D eigenvalue weighted by Gasteiger charge is 2.11. The summed E-state index contributed by atoms with van der Waals surface area (Å²) in [6.45, 7) is 2.26. The molecular weight excluding hydrogens is 368 g/mol. The molecule has 0 atom stereocenters. The molecule has 0 amide bonds. The second-order valence-electron chi connectivity index (χ2n) is 3.92. The number of thiophene rings is 2. The maximum absolute atomic E-state index is 3.62. The molecule has 0 aliphatic carbocycles. The van der Waals surface area contributed by atoms with E-state index in [-0.39, 0.29) is 0 Å². The number of rotatable bonds is 5. The summed E-state index contributed by atoms with van der Waals surface area (Å²) in [5.41, 5.74) is 0. The van der Waals surface area contributed by atoms with Crippen molar-refractivity contribution in [1.29, 1.82) is 0 Å². The van der Waals surface area contributed by atoms with Crippen LogP contribution in [0, 0.1) is 0 Å². The fourth-order valence-corrected chi connectivity index (χ4v) is 6.27. The topological polar surface area (TPSA) is 0 Å². The Morgan fingerprint density at radius 2 is 1.88 bits per heavy atom. The van der Waals surface area contributed by atoms with Crippen molar-refractivity contribution in [3.05, 3.63) is 18.5 Å². The van der Waals surface area contributed by atoms with Crippen LogP contribution >= 0.6 is 54.5 Å². The molecule has 0 saturated carbocycles. The standard InChI is InChI=1S/C12H14Br2S2/c1-2-3-4-5-6-8-7-9-10(15-8)12(14)16-11(9)13/h7H,2-6H2,1H3. The third-order valence-corrected chi connectivity index (χ3v) is 6.81. The van der Waals surface area contributed by atoms with Gasteiger partial charge in [-0.05, 0) is 50.8 Å². The van der Waals surface area contributed by atoms with Gasteiger partial charge in [0.2, 0.25) is 0 Å². The van der Waals surface area contributed by atoms with Gasteiger partial charge in [-0.15, -0.1) is 22.7 Å². The quantitative estimate of drug-likeness (QED) is 0.511. The van der Waals surface area contributed by atoms with Crippen molar-refractivity contribution >= 4 is 64.6 Å². The molecule has 16 heavy (non-hydrogen) atoms. The van der Waals surface area contributed by atoms with Gasteiger partial charge >= 0.3 is 0 Å². The maximum atomic E-state index is 3.62. The SMILES string of the molecule is CCCCCCc1cc2c(Br)sc(Br)c2s1. The smallest absolute Gasteiger partial charge is 0.0888 e. The minimum absolute atomic E-state index is 1.24. The molecule has 4 heteroatoms. The predicted octanol–water partition coefficient (Wildman–Crippen LogP) is 6.61. The van der Waals surface area contributed by atoms with Gasteiger partial charge in [0, 0.05) is 10.3 Å². The molecule has 2 heterocycles. The average Bonchev–Trinajstić information content (AvgIpc) is 2.77. The fourth-order valence-electron chi connectivity index (χ4n) is 1.76. The Kier molecular flexibility index (Phi) is 4.89. The Hall–Kier alpha value is 0.620. The summed E-state index contributed by atoms with van der Waals surface area (Å²) in [6.07, 6.45) is 6.62. The van der Waals surface area contributed by atoms with E-state index >= 15 is 0 Å². The van der Waals surface area contributed by atoms with Crippen LogP contribution in [0.25, 0.3) is 10.1 Å². The molecule has 2 aromatic heterocycles. The highest BCUT2D eigenvalue weighted by Crippen LogP contribution is 2.43. The van der Waals surface area contributed by atoms with Crippen LogP contribution in [0.1, 0.15) is 37.5 Å². The van der Waals surface area contributed by atoms with E-state index in [4.69, 9.17) is 0 Å². The lowest BCUT2D eigenvalue weighted by Crippen LogP contribution is -1.80. The zero-order valence-corrected chi connectivity index (χ0v) is 14.0. The molecule has 0 spiro atoms. The second kappa shape index (κ2) is 5.98. The summed E-state index contributed by atoms with van der Waals surface area (Å²) >= 11 is 11.0. The van der Waals surface area contributed by atoms with Crippen molar-refractivity contribution in [2.45, 2.75) is 39.0 Å². The van der Waals surface area contributed by atoms with E-state index < -0.39 is 0 Å². The van der Waals surface area contributed by atoms with Gasteiger partial charge in [-0.3, -0.25) is 0 Å². The molecule has 0 aliphatic heterocycles. The minimum atomic E-state index is 1.24. The zero-order valence-electron chi connectivity index (χ0n) is 9.19. The lowest BCUT2D eigenvalue weighted by Gasteiger charge is -1.96. The van der Waals surface area contributed by atoms with Gasteiger partial charge in [0.25, 0.3) is 0 Å². The van der Waals surface area contributed by atoms with Gasteiger partial charge < -0.3 is 0 Å². The lowest BCUT2D eigenvalue weighted by molar-refractivity contribution is 0.670. The number of halogens is 2. The Morgan fingerprint density at radius 3 is 2.56 bits per heavy atom. The number of hydrogen-bond donors (Lipinski definition) is 0. The first-order valence-electron chi connectivity index (χ1n) is 5.58. The van der Waals surface area contributed by atoms with E-state index in [9.17, 15) is 0 Å². The Labute approximate surface area is 121 Å². The van der Waals surface area contributed by atoms with Crippen molar-refractivity contribution in [3.8, 4) is 0 Å². The van der Waals surface area contributed by atoms with Crippen LogP contribution in [-0.2, 0) is 6.42 Å². The molecule has 0 radical (unpaired) electrons. The van der Waals surface area contributed by atoms with Crippen molar-refractivity contribution in [1.82, 2.24) is 0 Å². The summed E-state index contributed by atoms with van der Waals surface area (Å²) < 4.78 is 3.92. The minimum Gasteiger partial charge on any atom is -0.138 e. The summed E-state index contributed by atoms with van der Waals surface area (Å²) in [4.78, 5) is 1.52. The summed E-state index contributed by atoms with van der Waals surface area (Å²) in [6, 6.07) is 2.34. The van der Waals surface area contributed by atoms with Gasteiger partial charge in [0.05, 0.1) is 12.3 Å². The Balaban J connectivity index is 2.05. The zero-order chi connectivity index (χ0) is 11.5. The number of fused-ring (bicyclic) bond motifs is 1. The fraction of sp³-hybridized carbons (Fsp3) is 0.500. The van der Waals surface area contributed by atoms with E-state index in [0.717, 1.165) is 0 Å². The predicted molar refractivity (Wildman–Crippen MR) is 82.9 cm³/mol. The van der Waals surface area contributed by atoms with Crippen molar-refractivity contribution < 1.29 is 0 Å². The molecule has 0 nitrogen and oxygen atoms in total. The van der Waals surface area contributed by atoms with Crippen LogP contribution < -0.4 is 0 Å². The van der Waals surface area contributed by atoms with Gasteiger partial charge in [-0.2, -0.15) is 0 Å². The van der Waals surface area contributed by atoms with Gasteiger partial charge in [-0.25, -0.2) is 0 Å². The lowest BCUT2D eigenvalue weighted by atomic mass is 10.1. The van der Waals surface area contributed by atoms with Crippen molar-refractivity contribution in [2.24, 2.45) is 0 Å². The van der Waals surface area contributed by atoms with Crippen LogP contribution in [0.5, 0.6) is 0 Å². The molecule has 88 valence electrons. The van der Waals surface area contributed by atoms with Crippen molar-refractivity contribution in [3.63, 3.8) is 0 Å². The summed E-state index contributed by atoms with van der Waals surface area (Å²) in [7, 11) is 0. The van der Waals surface area contributed by atoms with Gasteiger partial charge in [-0.1, -0.05) is 26.2 Å². The molecule has 0 aliphatic rings. The van der Waals surface area contributed by atoms with E-state index in [0.29, 0.717) is 0 Å². The highest BCUT2D eigenvalue weighted by atomic mass is 79.9. The maximum Gasteiger partial charge on any atom is 0.0888 e. The normalized spacial score (nSPS) is 11.4. The molecule has 2 aromatic rings. The molecule has 0 aromatic carbocycles. The molecule has 0 bridgehead atoms. The van der Waals surface area contributed by atoms with Crippen LogP contribution in [-0.4, -0.2) is 0 Å². The van der Waals surface area contributed by atoms with E-state index in [1.54, 1.807) is 11.3 Å². The van der Waals surface area contributed by atoms with Crippen LogP contribution in [0.3, 0.4) is 0 Å². The van der Waals surface area contributed by atoms with Crippen molar-refractivity contribution in [2.75, 3.05) is 0 Å². The molecular formula is C12H14Br2S2. The van der Waals surface area contributed by atoms with Crippen LogP contribution in [0.15, 0.2) is 13.6 Å². The summed E-state index contributed by atoms with van der Waals surface area (Å²) in [5, 5.41) is 1.38. The Bertz CT molecular complexity index is 436. The third-order valence-electron chi connectivity index (χ3n) is 2.63. The molecule has 0 N–H and O–H groups in total. The first-order chi connectivity index (χ1) is 7.72. The molecule has 0 fully saturated rings. The molecule has 0 saturated heterocycles. The van der Waals surface area contributed by atoms with Crippen LogP contribution in [0.2, 0.25) is 0 Å². The number of aryl methyl sites for hydroxylation is 1. The van der Waals surface area contributed by atoms with Crippen LogP contribution in [0.4, 0.5) is 0 Å². The largest absolute Gasteiger partial charge is 0.138 e. The van der Waals surface area contributed by atoms with E-state index in [2.05, 4.69) is 44.8 Å². The van der Waals surface area contributed by atoms with E-state index in [1.165, 1.54) is 54.6 Å². The molecule has 2 rings (SSSR count). The summed E-state index contributed by atoms with van der Waals surface area (Å²) in [5.74, 6) is 0.